The molecule has 0 saturated heterocycles. The van der Waals surface area contributed by atoms with Crippen LogP contribution in [0.5, 0.6) is 0 Å². The molecule has 0 spiro atoms. The van der Waals surface area contributed by atoms with Crippen LogP contribution in [0.2, 0.25) is 0 Å². The van der Waals surface area contributed by atoms with E-state index in [0.29, 0.717) is 4.88 Å². The number of benzene rings is 2. The van der Waals surface area contributed by atoms with Crippen molar-refractivity contribution < 1.29 is 4.79 Å². The molecule has 0 aliphatic heterocycles. The molecule has 1 N–H and O–H groups in total. The zero-order valence-electron chi connectivity index (χ0n) is 13.9. The lowest BCUT2D eigenvalue weighted by atomic mass is 10.1. The van der Waals surface area contributed by atoms with Gasteiger partial charge >= 0.3 is 0 Å². The third-order valence-corrected chi connectivity index (χ3v) is 6.10. The summed E-state index contributed by atoms with van der Waals surface area (Å²) >= 11 is 3.12. The average Bonchev–Trinajstić information content (AvgIpc) is 3.20. The Bertz CT molecular complexity index is 1020. The van der Waals surface area contributed by atoms with Crippen LogP contribution in [0.25, 0.3) is 20.1 Å². The van der Waals surface area contributed by atoms with Crippen molar-refractivity contribution in [3.05, 3.63) is 70.6 Å². The lowest BCUT2D eigenvalue weighted by Gasteiger charge is -2.06. The number of carbonyl (C=O) groups excluding carboxylic acids is 1. The van der Waals surface area contributed by atoms with Crippen LogP contribution in [-0.2, 0) is 0 Å². The summed E-state index contributed by atoms with van der Waals surface area (Å²) in [4.78, 5) is 18.9. The number of fused-ring (bicyclic) bond motifs is 1. The minimum Gasteiger partial charge on any atom is -0.321 e. The maximum absolute atomic E-state index is 12.5. The highest BCUT2D eigenvalue weighted by Gasteiger charge is 2.13. The van der Waals surface area contributed by atoms with Crippen molar-refractivity contribution in [3.63, 3.8) is 0 Å². The van der Waals surface area contributed by atoms with E-state index in [2.05, 4.69) is 22.4 Å². The molecule has 0 saturated carbocycles. The smallest absolute Gasteiger partial charge is 0.265 e. The number of thiophene rings is 1. The number of amides is 1. The summed E-state index contributed by atoms with van der Waals surface area (Å²) in [6.45, 7) is 4.05. The van der Waals surface area contributed by atoms with E-state index in [1.165, 1.54) is 11.3 Å². The Morgan fingerprint density at radius 2 is 1.72 bits per heavy atom. The van der Waals surface area contributed by atoms with Crippen LogP contribution in [0.15, 0.2) is 54.6 Å². The fourth-order valence-electron chi connectivity index (χ4n) is 2.79. The predicted molar refractivity (Wildman–Crippen MR) is 107 cm³/mol. The molecule has 0 fully saturated rings. The molecule has 0 radical (unpaired) electrons. The number of rotatable bonds is 3. The van der Waals surface area contributed by atoms with Crippen LogP contribution in [0, 0.1) is 13.8 Å². The first-order chi connectivity index (χ1) is 12.1. The van der Waals surface area contributed by atoms with Crippen molar-refractivity contribution in [2.45, 2.75) is 13.8 Å². The van der Waals surface area contributed by atoms with Crippen molar-refractivity contribution in [1.29, 1.82) is 0 Å². The van der Waals surface area contributed by atoms with Crippen molar-refractivity contribution in [2.24, 2.45) is 0 Å². The minimum atomic E-state index is -0.0811. The standard InChI is InChI=1S/C20H16N2OS2/c1-12-9-13(2)11-14(10-12)21-19(23)17-7-8-18(24-17)20-22-15-5-3-4-6-16(15)25-20/h3-11H,1-2H3,(H,21,23). The van der Waals surface area contributed by atoms with Gasteiger partial charge in [0.25, 0.3) is 5.91 Å². The molecule has 0 aliphatic rings. The molecule has 0 bridgehead atoms. The summed E-state index contributed by atoms with van der Waals surface area (Å²) < 4.78 is 1.16. The number of hydrogen-bond acceptors (Lipinski definition) is 4. The summed E-state index contributed by atoms with van der Waals surface area (Å²) in [5, 5.41) is 3.94. The molecule has 0 unspecified atom stereocenters. The lowest BCUT2D eigenvalue weighted by molar-refractivity contribution is 0.103. The van der Waals surface area contributed by atoms with E-state index in [-0.39, 0.29) is 5.91 Å². The summed E-state index contributed by atoms with van der Waals surface area (Å²) in [6, 6.07) is 18.0. The molecule has 3 nitrogen and oxygen atoms in total. The fraction of sp³-hybridized carbons (Fsp3) is 0.100. The van der Waals surface area contributed by atoms with E-state index in [1.807, 2.05) is 56.3 Å². The number of anilines is 1. The lowest BCUT2D eigenvalue weighted by Crippen LogP contribution is -2.10. The van der Waals surface area contributed by atoms with E-state index in [1.54, 1.807) is 11.3 Å². The fourth-order valence-corrected chi connectivity index (χ4v) is 4.71. The van der Waals surface area contributed by atoms with E-state index in [9.17, 15) is 4.79 Å². The van der Waals surface area contributed by atoms with Gasteiger partial charge in [0.1, 0.15) is 5.01 Å². The predicted octanol–water partition coefficient (Wildman–Crippen LogP) is 5.89. The van der Waals surface area contributed by atoms with Gasteiger partial charge in [-0.15, -0.1) is 22.7 Å². The minimum absolute atomic E-state index is 0.0811. The highest BCUT2D eigenvalue weighted by atomic mass is 32.1. The second-order valence-corrected chi connectivity index (χ2v) is 8.10. The maximum Gasteiger partial charge on any atom is 0.265 e. The zero-order chi connectivity index (χ0) is 17.4. The van der Waals surface area contributed by atoms with E-state index >= 15 is 0 Å². The molecule has 0 aliphatic carbocycles. The van der Waals surface area contributed by atoms with Gasteiger partial charge in [0.15, 0.2) is 0 Å². The Kier molecular flexibility index (Phi) is 4.11. The summed E-state index contributed by atoms with van der Waals surface area (Å²) in [7, 11) is 0. The second kappa shape index (κ2) is 6.43. The molecule has 2 aromatic carbocycles. The van der Waals surface area contributed by atoms with Crippen molar-refractivity contribution in [2.75, 3.05) is 5.32 Å². The molecule has 124 valence electrons. The maximum atomic E-state index is 12.5. The average molecular weight is 364 g/mol. The van der Waals surface area contributed by atoms with Gasteiger partial charge in [-0.1, -0.05) is 18.2 Å². The van der Waals surface area contributed by atoms with Gasteiger partial charge < -0.3 is 5.32 Å². The molecule has 2 heterocycles. The molecule has 4 aromatic rings. The van der Waals surface area contributed by atoms with E-state index < -0.39 is 0 Å². The summed E-state index contributed by atoms with van der Waals surface area (Å²) in [5.74, 6) is -0.0811. The van der Waals surface area contributed by atoms with Gasteiger partial charge in [-0.05, 0) is 61.4 Å². The Labute approximate surface area is 154 Å². The van der Waals surface area contributed by atoms with Gasteiger partial charge in [-0.3, -0.25) is 4.79 Å². The number of aromatic nitrogens is 1. The number of para-hydroxylation sites is 1. The largest absolute Gasteiger partial charge is 0.321 e. The number of nitrogens with zero attached hydrogens (tertiary/aromatic N) is 1. The Morgan fingerprint density at radius 3 is 2.48 bits per heavy atom. The first-order valence-corrected chi connectivity index (χ1v) is 9.57. The SMILES string of the molecule is Cc1cc(C)cc(NC(=O)c2ccc(-c3nc4ccccc4s3)s2)c1. The second-order valence-electron chi connectivity index (χ2n) is 5.98. The van der Waals surface area contributed by atoms with E-state index in [4.69, 9.17) is 0 Å². The Morgan fingerprint density at radius 1 is 0.960 bits per heavy atom. The number of thiazole rings is 1. The molecular formula is C20H16N2OS2. The van der Waals surface area contributed by atoms with Crippen LogP contribution >= 0.6 is 22.7 Å². The quantitative estimate of drug-likeness (QED) is 0.492. The van der Waals surface area contributed by atoms with Gasteiger partial charge in [0.2, 0.25) is 0 Å². The summed E-state index contributed by atoms with van der Waals surface area (Å²) in [6.07, 6.45) is 0. The third kappa shape index (κ3) is 3.34. The molecule has 25 heavy (non-hydrogen) atoms. The zero-order valence-corrected chi connectivity index (χ0v) is 15.5. The van der Waals surface area contributed by atoms with Gasteiger partial charge in [0.05, 0.1) is 20.0 Å². The van der Waals surface area contributed by atoms with Crippen LogP contribution in [0.3, 0.4) is 0 Å². The number of aryl methyl sites for hydroxylation is 2. The topological polar surface area (TPSA) is 42.0 Å². The number of nitrogens with one attached hydrogen (secondary N) is 1. The first-order valence-electron chi connectivity index (χ1n) is 7.94. The Balaban J connectivity index is 1.58. The normalized spacial score (nSPS) is 11.0. The van der Waals surface area contributed by atoms with Gasteiger partial charge in [-0.2, -0.15) is 0 Å². The van der Waals surface area contributed by atoms with Crippen molar-refractivity contribution in [1.82, 2.24) is 4.98 Å². The van der Waals surface area contributed by atoms with Crippen LogP contribution in [-0.4, -0.2) is 10.9 Å². The Hall–Kier alpha value is -2.50. The number of hydrogen-bond donors (Lipinski definition) is 1. The monoisotopic (exact) mass is 364 g/mol. The summed E-state index contributed by atoms with van der Waals surface area (Å²) in [5.41, 5.74) is 4.10. The molecule has 1 amide bonds. The van der Waals surface area contributed by atoms with Crippen LogP contribution < -0.4 is 5.32 Å². The van der Waals surface area contributed by atoms with Crippen molar-refractivity contribution in [3.8, 4) is 9.88 Å². The van der Waals surface area contributed by atoms with Gasteiger partial charge in [-0.25, -0.2) is 4.98 Å². The first kappa shape index (κ1) is 16.0. The van der Waals surface area contributed by atoms with E-state index in [0.717, 1.165) is 36.9 Å². The highest BCUT2D eigenvalue weighted by Crippen LogP contribution is 2.34. The molecule has 4 rings (SSSR count). The molecule has 5 heteroatoms. The van der Waals surface area contributed by atoms with Gasteiger partial charge in [0, 0.05) is 5.69 Å². The van der Waals surface area contributed by atoms with Crippen LogP contribution in [0.1, 0.15) is 20.8 Å². The molecule has 0 atom stereocenters. The highest BCUT2D eigenvalue weighted by molar-refractivity contribution is 7.26. The van der Waals surface area contributed by atoms with Crippen LogP contribution in [0.4, 0.5) is 5.69 Å². The van der Waals surface area contributed by atoms with Crippen molar-refractivity contribution >= 4 is 44.5 Å². The molecular weight excluding hydrogens is 348 g/mol. The third-order valence-electron chi connectivity index (χ3n) is 3.81. The number of carbonyl (C=O) groups is 1. The molecule has 2 aromatic heterocycles.